The standard InChI is InChI=1S/C62H123N2O6P/c1-6-8-10-12-14-16-18-20-22-24-25-26-27-28-29-30-31-32-33-34-35-36-37-38-39-40-42-44-46-48-50-52-54-56-62(66)63-60(59-70-71(67,68)69-58-57-64(3,4)5)61(65)55-53-51-49-47-45-43-41-23-21-19-17-15-13-11-9-7-2/h25-26,28-29,60-61,65H,6-24,27,30-59H2,1-5H3,(H-,63,66,67,68)/p+1/b26-25-,29-28-. The largest absolute Gasteiger partial charge is 0.472 e. The number of hydrogen-bond donors (Lipinski definition) is 3. The molecular weight excluding hydrogens is 900 g/mol. The second kappa shape index (κ2) is 53.8. The second-order valence-corrected chi connectivity index (χ2v) is 24.2. The van der Waals surface area contributed by atoms with E-state index >= 15 is 0 Å². The molecule has 0 aromatic carbocycles. The summed E-state index contributed by atoms with van der Waals surface area (Å²) in [6.07, 6.45) is 68.3. The molecule has 0 saturated carbocycles. The Bertz CT molecular complexity index is 1210. The zero-order chi connectivity index (χ0) is 52.0. The molecule has 3 atom stereocenters. The molecule has 0 rings (SSSR count). The Kier molecular flexibility index (Phi) is 53.0. The van der Waals surface area contributed by atoms with Crippen molar-refractivity contribution in [2.75, 3.05) is 40.9 Å². The maximum Gasteiger partial charge on any atom is 0.472 e. The zero-order valence-electron chi connectivity index (χ0n) is 48.2. The highest BCUT2D eigenvalue weighted by atomic mass is 31.2. The molecule has 0 aliphatic carbocycles. The highest BCUT2D eigenvalue weighted by Crippen LogP contribution is 2.43. The highest BCUT2D eigenvalue weighted by molar-refractivity contribution is 7.47. The van der Waals surface area contributed by atoms with Gasteiger partial charge in [0.1, 0.15) is 13.2 Å². The molecule has 422 valence electrons. The van der Waals surface area contributed by atoms with E-state index in [0.717, 1.165) is 44.9 Å². The molecule has 0 aromatic rings. The van der Waals surface area contributed by atoms with Gasteiger partial charge >= 0.3 is 7.82 Å². The summed E-state index contributed by atoms with van der Waals surface area (Å²) < 4.78 is 23.8. The molecule has 9 heteroatoms. The number of quaternary nitrogens is 1. The Morgan fingerprint density at radius 3 is 1.15 bits per heavy atom. The van der Waals surface area contributed by atoms with Crippen LogP contribution in [0.1, 0.15) is 316 Å². The predicted molar refractivity (Wildman–Crippen MR) is 309 cm³/mol. The summed E-state index contributed by atoms with van der Waals surface area (Å²) >= 11 is 0. The Morgan fingerprint density at radius 1 is 0.479 bits per heavy atom. The second-order valence-electron chi connectivity index (χ2n) is 22.8. The van der Waals surface area contributed by atoms with E-state index in [1.165, 1.54) is 244 Å². The van der Waals surface area contributed by atoms with Crippen LogP contribution in [0.4, 0.5) is 0 Å². The van der Waals surface area contributed by atoms with Crippen LogP contribution in [-0.4, -0.2) is 73.4 Å². The Balaban J connectivity index is 3.99. The van der Waals surface area contributed by atoms with Gasteiger partial charge in [-0.25, -0.2) is 4.57 Å². The fraction of sp³-hybridized carbons (Fsp3) is 0.919. The van der Waals surface area contributed by atoms with Crippen LogP contribution in [0, 0.1) is 0 Å². The average molecular weight is 1020 g/mol. The lowest BCUT2D eigenvalue weighted by molar-refractivity contribution is -0.870. The van der Waals surface area contributed by atoms with Gasteiger partial charge in [-0.15, -0.1) is 0 Å². The first-order chi connectivity index (χ1) is 34.5. The van der Waals surface area contributed by atoms with Crippen LogP contribution >= 0.6 is 7.82 Å². The maximum atomic E-state index is 13.0. The van der Waals surface area contributed by atoms with E-state index in [9.17, 15) is 19.4 Å². The van der Waals surface area contributed by atoms with E-state index in [1.54, 1.807) is 0 Å². The van der Waals surface area contributed by atoms with Crippen LogP contribution in [-0.2, 0) is 18.4 Å². The predicted octanol–water partition coefficient (Wildman–Crippen LogP) is 19.2. The molecule has 0 aliphatic rings. The van der Waals surface area contributed by atoms with Crippen LogP contribution in [0.3, 0.4) is 0 Å². The van der Waals surface area contributed by atoms with Crippen molar-refractivity contribution < 1.29 is 32.9 Å². The molecule has 0 heterocycles. The summed E-state index contributed by atoms with van der Waals surface area (Å²) in [6, 6.07) is -0.758. The summed E-state index contributed by atoms with van der Waals surface area (Å²) in [5.74, 6) is -0.139. The highest BCUT2D eigenvalue weighted by Gasteiger charge is 2.28. The summed E-state index contributed by atoms with van der Waals surface area (Å²) in [5, 5.41) is 14.1. The summed E-state index contributed by atoms with van der Waals surface area (Å²) in [7, 11) is 1.63. The van der Waals surface area contributed by atoms with E-state index in [0.29, 0.717) is 23.9 Å². The number of aliphatic hydroxyl groups is 1. The lowest BCUT2D eigenvalue weighted by Crippen LogP contribution is -2.46. The van der Waals surface area contributed by atoms with Crippen molar-refractivity contribution in [3.63, 3.8) is 0 Å². The number of amides is 1. The van der Waals surface area contributed by atoms with Gasteiger partial charge in [-0.2, -0.15) is 0 Å². The van der Waals surface area contributed by atoms with Gasteiger partial charge in [-0.3, -0.25) is 13.8 Å². The Hall–Kier alpha value is -1.02. The van der Waals surface area contributed by atoms with Gasteiger partial charge in [0.15, 0.2) is 0 Å². The molecule has 0 fully saturated rings. The number of nitrogens with zero attached hydrogens (tertiary/aromatic N) is 1. The van der Waals surface area contributed by atoms with Gasteiger partial charge in [0, 0.05) is 6.42 Å². The van der Waals surface area contributed by atoms with Crippen molar-refractivity contribution in [3.8, 4) is 0 Å². The number of allylic oxidation sites excluding steroid dienone is 4. The smallest absolute Gasteiger partial charge is 0.391 e. The fourth-order valence-electron chi connectivity index (χ4n) is 9.55. The monoisotopic (exact) mass is 1020 g/mol. The topological polar surface area (TPSA) is 105 Å². The van der Waals surface area contributed by atoms with E-state index in [2.05, 4.69) is 43.5 Å². The number of rotatable bonds is 58. The molecule has 3 unspecified atom stereocenters. The third kappa shape index (κ3) is 56.5. The van der Waals surface area contributed by atoms with Crippen LogP contribution in [0.15, 0.2) is 24.3 Å². The van der Waals surface area contributed by atoms with Gasteiger partial charge in [0.05, 0.1) is 39.9 Å². The van der Waals surface area contributed by atoms with Gasteiger partial charge in [-0.1, -0.05) is 289 Å². The number of phosphoric acid groups is 1. The Labute approximate surface area is 443 Å². The molecule has 3 N–H and O–H groups in total. The number of phosphoric ester groups is 1. The summed E-state index contributed by atoms with van der Waals surface area (Å²) in [4.78, 5) is 23.4. The first kappa shape index (κ1) is 70.0. The van der Waals surface area contributed by atoms with Crippen molar-refractivity contribution >= 4 is 13.7 Å². The molecule has 1 amide bonds. The van der Waals surface area contributed by atoms with Gasteiger partial charge in [-0.05, 0) is 44.9 Å². The molecule has 0 aliphatic heterocycles. The number of unbranched alkanes of at least 4 members (excludes halogenated alkanes) is 41. The molecule has 8 nitrogen and oxygen atoms in total. The van der Waals surface area contributed by atoms with Crippen molar-refractivity contribution in [1.29, 1.82) is 0 Å². The lowest BCUT2D eigenvalue weighted by atomic mass is 10.0. The molecule has 71 heavy (non-hydrogen) atoms. The number of aliphatic hydroxyl groups excluding tert-OH is 1. The quantitative estimate of drug-likeness (QED) is 0.0243. The summed E-state index contributed by atoms with van der Waals surface area (Å²) in [6.45, 7) is 4.93. The minimum Gasteiger partial charge on any atom is -0.391 e. The Morgan fingerprint density at radius 2 is 0.803 bits per heavy atom. The van der Waals surface area contributed by atoms with Crippen molar-refractivity contribution in [2.24, 2.45) is 0 Å². The van der Waals surface area contributed by atoms with E-state index in [1.807, 2.05) is 21.1 Å². The number of hydrogen-bond acceptors (Lipinski definition) is 5. The minimum atomic E-state index is -4.32. The maximum absolute atomic E-state index is 13.0. The zero-order valence-corrected chi connectivity index (χ0v) is 49.1. The van der Waals surface area contributed by atoms with Crippen LogP contribution in [0.5, 0.6) is 0 Å². The van der Waals surface area contributed by atoms with Gasteiger partial charge in [0.2, 0.25) is 5.91 Å². The number of carbonyl (C=O) groups is 1. The van der Waals surface area contributed by atoms with E-state index < -0.39 is 20.0 Å². The average Bonchev–Trinajstić information content (AvgIpc) is 3.33. The van der Waals surface area contributed by atoms with Crippen molar-refractivity contribution in [2.45, 2.75) is 328 Å². The summed E-state index contributed by atoms with van der Waals surface area (Å²) in [5.41, 5.74) is 0. The van der Waals surface area contributed by atoms with Crippen molar-refractivity contribution in [3.05, 3.63) is 24.3 Å². The number of likely N-dealkylation sites (N-methyl/N-ethyl adjacent to an activating group) is 1. The van der Waals surface area contributed by atoms with Gasteiger partial charge in [0.25, 0.3) is 0 Å². The third-order valence-corrected chi connectivity index (χ3v) is 15.4. The SMILES string of the molecule is CCCCCCCCCCC/C=C\C/C=C\CCCCCCCCCCCCCCCCCCCC(=O)NC(COP(=O)(O)OCC[N+](C)(C)C)C(O)CCCCCCCCCCCCCCCCCC. The van der Waals surface area contributed by atoms with Gasteiger partial charge < -0.3 is 19.8 Å². The molecule has 0 radical (unpaired) electrons. The molecule has 0 aromatic heterocycles. The molecule has 0 saturated heterocycles. The van der Waals surface area contributed by atoms with Crippen molar-refractivity contribution in [1.82, 2.24) is 5.32 Å². The van der Waals surface area contributed by atoms with Crippen LogP contribution in [0.2, 0.25) is 0 Å². The fourth-order valence-corrected chi connectivity index (χ4v) is 10.3. The van der Waals surface area contributed by atoms with E-state index in [-0.39, 0.29) is 19.1 Å². The lowest BCUT2D eigenvalue weighted by Gasteiger charge is -2.26. The van der Waals surface area contributed by atoms with E-state index in [4.69, 9.17) is 9.05 Å². The third-order valence-electron chi connectivity index (χ3n) is 14.5. The number of nitrogens with one attached hydrogen (secondary N) is 1. The first-order valence-corrected chi connectivity index (χ1v) is 32.7. The first-order valence-electron chi connectivity index (χ1n) is 31.2. The van der Waals surface area contributed by atoms with Crippen LogP contribution < -0.4 is 5.32 Å². The normalized spacial score (nSPS) is 14.0. The minimum absolute atomic E-state index is 0.0769. The number of carbonyl (C=O) groups excluding carboxylic acids is 1. The molecular formula is C62H124N2O6P+. The molecule has 0 spiro atoms. The van der Waals surface area contributed by atoms with Crippen LogP contribution in [0.25, 0.3) is 0 Å². The molecule has 0 bridgehead atoms.